The highest BCUT2D eigenvalue weighted by Gasteiger charge is 2.12. The maximum atomic E-state index is 9.78. The molecule has 4 heteroatoms. The molecule has 2 aromatic carbocycles. The Kier molecular flexibility index (Phi) is 2.95. The van der Waals surface area contributed by atoms with E-state index in [2.05, 4.69) is 0 Å². The van der Waals surface area contributed by atoms with Gasteiger partial charge in [-0.2, -0.15) is 0 Å². The van der Waals surface area contributed by atoms with Crippen molar-refractivity contribution in [3.05, 3.63) is 46.4 Å². The molecule has 0 aliphatic rings. The van der Waals surface area contributed by atoms with Crippen molar-refractivity contribution < 1.29 is 10.2 Å². The van der Waals surface area contributed by atoms with Gasteiger partial charge in [-0.1, -0.05) is 47.5 Å². The Morgan fingerprint density at radius 1 is 0.688 bits per heavy atom. The van der Waals surface area contributed by atoms with Crippen molar-refractivity contribution in [2.75, 3.05) is 0 Å². The molecule has 82 valence electrons. The van der Waals surface area contributed by atoms with Crippen LogP contribution < -0.4 is 0 Å². The van der Waals surface area contributed by atoms with Crippen LogP contribution in [0.3, 0.4) is 0 Å². The fourth-order valence-corrected chi connectivity index (χ4v) is 1.81. The van der Waals surface area contributed by atoms with Crippen molar-refractivity contribution in [1.29, 1.82) is 0 Å². The van der Waals surface area contributed by atoms with E-state index in [4.69, 9.17) is 23.2 Å². The highest BCUT2D eigenvalue weighted by molar-refractivity contribution is 6.33. The molecule has 16 heavy (non-hydrogen) atoms. The normalized spacial score (nSPS) is 10.4. The molecule has 2 N–H and O–H groups in total. The van der Waals surface area contributed by atoms with E-state index in [0.717, 1.165) is 0 Å². The lowest BCUT2D eigenvalue weighted by molar-refractivity contribution is 0.469. The summed E-state index contributed by atoms with van der Waals surface area (Å²) in [5, 5.41) is 20.0. The van der Waals surface area contributed by atoms with Gasteiger partial charge in [-0.15, -0.1) is 0 Å². The molecule has 0 unspecified atom stereocenters. The zero-order chi connectivity index (χ0) is 11.7. The van der Waals surface area contributed by atoms with Crippen LogP contribution in [0.2, 0.25) is 10.0 Å². The molecule has 0 saturated carbocycles. The standard InChI is InChI=1S/C12H8Cl2O2/c13-9-5-1-3-7(11(9)15)8-4-2-6-10(14)12(8)16/h1-6,15-16H. The Bertz CT molecular complexity index is 489. The minimum atomic E-state index is -0.0678. The summed E-state index contributed by atoms with van der Waals surface area (Å²) < 4.78 is 0. The third kappa shape index (κ3) is 1.82. The van der Waals surface area contributed by atoms with E-state index in [1.165, 1.54) is 0 Å². The van der Waals surface area contributed by atoms with Crippen LogP contribution in [0.1, 0.15) is 0 Å². The van der Waals surface area contributed by atoms with Gasteiger partial charge in [0.25, 0.3) is 0 Å². The fraction of sp³-hybridized carbons (Fsp3) is 0. The second kappa shape index (κ2) is 4.24. The lowest BCUT2D eigenvalue weighted by atomic mass is 10.0. The zero-order valence-corrected chi connectivity index (χ0v) is 9.63. The molecule has 0 aromatic heterocycles. The number of phenolic OH excluding ortho intramolecular Hbond substituents is 2. The van der Waals surface area contributed by atoms with Crippen LogP contribution in [0.25, 0.3) is 11.1 Å². The second-order valence-corrected chi connectivity index (χ2v) is 4.09. The third-order valence-corrected chi connectivity index (χ3v) is 2.87. The van der Waals surface area contributed by atoms with E-state index in [1.54, 1.807) is 36.4 Å². The molecular formula is C12H8Cl2O2. The smallest absolute Gasteiger partial charge is 0.142 e. The number of hydrogen-bond donors (Lipinski definition) is 2. The van der Waals surface area contributed by atoms with Crippen molar-refractivity contribution in [3.63, 3.8) is 0 Å². The predicted octanol–water partition coefficient (Wildman–Crippen LogP) is 4.07. The van der Waals surface area contributed by atoms with Gasteiger partial charge in [-0.3, -0.25) is 0 Å². The number of halogens is 2. The van der Waals surface area contributed by atoms with Crippen molar-refractivity contribution >= 4 is 23.2 Å². The number of benzene rings is 2. The summed E-state index contributed by atoms with van der Waals surface area (Å²) in [4.78, 5) is 0. The van der Waals surface area contributed by atoms with Gasteiger partial charge >= 0.3 is 0 Å². The van der Waals surface area contributed by atoms with Crippen LogP contribution in [0, 0.1) is 0 Å². The number of hydrogen-bond acceptors (Lipinski definition) is 2. The quantitative estimate of drug-likeness (QED) is 0.806. The molecular weight excluding hydrogens is 247 g/mol. The van der Waals surface area contributed by atoms with Crippen LogP contribution >= 0.6 is 23.2 Å². The fourth-order valence-electron chi connectivity index (χ4n) is 1.47. The Balaban J connectivity index is 2.68. The van der Waals surface area contributed by atoms with Crippen molar-refractivity contribution in [3.8, 4) is 22.6 Å². The van der Waals surface area contributed by atoms with Gasteiger partial charge in [0.05, 0.1) is 10.0 Å². The summed E-state index contributed by atoms with van der Waals surface area (Å²) in [6.07, 6.45) is 0. The zero-order valence-electron chi connectivity index (χ0n) is 8.11. The topological polar surface area (TPSA) is 40.5 Å². The predicted molar refractivity (Wildman–Crippen MR) is 65.2 cm³/mol. The average molecular weight is 255 g/mol. The van der Waals surface area contributed by atoms with Gasteiger partial charge in [-0.05, 0) is 12.1 Å². The summed E-state index contributed by atoms with van der Waals surface area (Å²) >= 11 is 11.6. The monoisotopic (exact) mass is 254 g/mol. The Hall–Kier alpha value is -1.38. The third-order valence-electron chi connectivity index (χ3n) is 2.26. The van der Waals surface area contributed by atoms with E-state index >= 15 is 0 Å². The lowest BCUT2D eigenvalue weighted by Gasteiger charge is -2.08. The molecule has 2 rings (SSSR count). The molecule has 0 saturated heterocycles. The summed E-state index contributed by atoms with van der Waals surface area (Å²) in [7, 11) is 0. The molecule has 0 fully saturated rings. The number of rotatable bonds is 1. The summed E-state index contributed by atoms with van der Waals surface area (Å²) in [5.41, 5.74) is 0.903. The first-order valence-corrected chi connectivity index (χ1v) is 5.32. The second-order valence-electron chi connectivity index (χ2n) is 3.27. The molecule has 0 heterocycles. The molecule has 0 aliphatic heterocycles. The maximum Gasteiger partial charge on any atom is 0.142 e. The van der Waals surface area contributed by atoms with Gasteiger partial charge in [0.15, 0.2) is 0 Å². The van der Waals surface area contributed by atoms with Gasteiger partial charge < -0.3 is 10.2 Å². The number of para-hydroxylation sites is 2. The average Bonchev–Trinajstić information content (AvgIpc) is 2.27. The number of phenols is 2. The molecule has 0 atom stereocenters. The van der Waals surface area contributed by atoms with E-state index in [9.17, 15) is 10.2 Å². The van der Waals surface area contributed by atoms with E-state index < -0.39 is 0 Å². The van der Waals surface area contributed by atoms with Crippen LogP contribution in [0.15, 0.2) is 36.4 Å². The van der Waals surface area contributed by atoms with E-state index in [-0.39, 0.29) is 21.5 Å². The number of aromatic hydroxyl groups is 2. The first-order chi connectivity index (χ1) is 7.61. The van der Waals surface area contributed by atoms with Crippen molar-refractivity contribution in [2.24, 2.45) is 0 Å². The minimum Gasteiger partial charge on any atom is -0.506 e. The molecule has 0 amide bonds. The van der Waals surface area contributed by atoms with Crippen LogP contribution in [0.5, 0.6) is 11.5 Å². The molecule has 0 spiro atoms. The van der Waals surface area contributed by atoms with Crippen LogP contribution in [-0.2, 0) is 0 Å². The SMILES string of the molecule is Oc1c(Cl)cccc1-c1cccc(Cl)c1O. The minimum absolute atomic E-state index is 0.0678. The highest BCUT2D eigenvalue weighted by atomic mass is 35.5. The molecule has 2 nitrogen and oxygen atoms in total. The van der Waals surface area contributed by atoms with Crippen LogP contribution in [-0.4, -0.2) is 10.2 Å². The summed E-state index contributed by atoms with van der Waals surface area (Å²) in [6.45, 7) is 0. The van der Waals surface area contributed by atoms with Gasteiger partial charge in [0, 0.05) is 11.1 Å². The van der Waals surface area contributed by atoms with E-state index in [0.29, 0.717) is 11.1 Å². The molecule has 0 aliphatic carbocycles. The van der Waals surface area contributed by atoms with Gasteiger partial charge in [-0.25, -0.2) is 0 Å². The summed E-state index contributed by atoms with van der Waals surface area (Å²) in [5.74, 6) is -0.136. The lowest BCUT2D eigenvalue weighted by Crippen LogP contribution is -1.81. The first kappa shape index (κ1) is 11.1. The van der Waals surface area contributed by atoms with Crippen molar-refractivity contribution in [2.45, 2.75) is 0 Å². The van der Waals surface area contributed by atoms with Gasteiger partial charge in [0.2, 0.25) is 0 Å². The summed E-state index contributed by atoms with van der Waals surface area (Å²) in [6, 6.07) is 9.85. The van der Waals surface area contributed by atoms with E-state index in [1.807, 2.05) is 0 Å². The Labute approximate surface area is 103 Å². The van der Waals surface area contributed by atoms with Gasteiger partial charge in [0.1, 0.15) is 11.5 Å². The van der Waals surface area contributed by atoms with Crippen molar-refractivity contribution in [1.82, 2.24) is 0 Å². The molecule has 0 bridgehead atoms. The largest absolute Gasteiger partial charge is 0.506 e. The highest BCUT2D eigenvalue weighted by Crippen LogP contribution is 2.41. The molecule has 0 radical (unpaired) electrons. The van der Waals surface area contributed by atoms with Crippen LogP contribution in [0.4, 0.5) is 0 Å². The Morgan fingerprint density at radius 3 is 1.44 bits per heavy atom. The molecule has 2 aromatic rings. The first-order valence-electron chi connectivity index (χ1n) is 4.56. The maximum absolute atomic E-state index is 9.78. The Morgan fingerprint density at radius 2 is 1.06 bits per heavy atom.